The van der Waals surface area contributed by atoms with Gasteiger partial charge in [0.25, 0.3) is 0 Å². The fourth-order valence-electron chi connectivity index (χ4n) is 2.15. The molecule has 0 radical (unpaired) electrons. The summed E-state index contributed by atoms with van der Waals surface area (Å²) in [5, 5.41) is 7.79. The summed E-state index contributed by atoms with van der Waals surface area (Å²) in [4.78, 5) is 8.43. The summed E-state index contributed by atoms with van der Waals surface area (Å²) in [7, 11) is 0. The van der Waals surface area contributed by atoms with Gasteiger partial charge in [-0.25, -0.2) is 14.5 Å². The molecule has 0 fully saturated rings. The van der Waals surface area contributed by atoms with Gasteiger partial charge < -0.3 is 9.88 Å². The fraction of sp³-hybridized carbons (Fsp3) is 0.308. The monoisotopic (exact) mass is 256 g/mol. The Morgan fingerprint density at radius 1 is 1.32 bits per heavy atom. The fourth-order valence-corrected chi connectivity index (χ4v) is 2.15. The van der Waals surface area contributed by atoms with Crippen LogP contribution in [0.5, 0.6) is 0 Å². The van der Waals surface area contributed by atoms with Gasteiger partial charge in [-0.15, -0.1) is 0 Å². The van der Waals surface area contributed by atoms with Crippen molar-refractivity contribution in [1.29, 1.82) is 0 Å². The molecule has 19 heavy (non-hydrogen) atoms. The number of hydrogen-bond donors (Lipinski definition) is 1. The van der Waals surface area contributed by atoms with E-state index in [1.165, 1.54) is 0 Å². The molecular weight excluding hydrogens is 240 g/mol. The Labute approximate surface area is 111 Å². The summed E-state index contributed by atoms with van der Waals surface area (Å²) >= 11 is 0. The molecule has 3 aromatic heterocycles. The van der Waals surface area contributed by atoms with E-state index in [1.807, 2.05) is 40.8 Å². The van der Waals surface area contributed by atoms with Crippen molar-refractivity contribution in [2.75, 3.05) is 5.32 Å². The van der Waals surface area contributed by atoms with E-state index in [0.29, 0.717) is 0 Å². The SMILES string of the molecule is Cc1cc2c(NC(C)Cn3ccnc3)nccn2n1. The Balaban J connectivity index is 1.81. The minimum atomic E-state index is 0.253. The van der Waals surface area contributed by atoms with Gasteiger partial charge in [0.15, 0.2) is 5.82 Å². The highest BCUT2D eigenvalue weighted by Gasteiger charge is 2.08. The topological polar surface area (TPSA) is 60.0 Å². The Morgan fingerprint density at radius 3 is 3.00 bits per heavy atom. The molecular formula is C13H16N6. The lowest BCUT2D eigenvalue weighted by Gasteiger charge is -2.15. The maximum absolute atomic E-state index is 4.39. The molecule has 0 saturated carbocycles. The second-order valence-corrected chi connectivity index (χ2v) is 4.70. The molecule has 1 N–H and O–H groups in total. The number of nitrogens with zero attached hydrogens (tertiary/aromatic N) is 5. The van der Waals surface area contributed by atoms with Gasteiger partial charge in [-0.05, 0) is 19.9 Å². The van der Waals surface area contributed by atoms with Crippen molar-refractivity contribution in [3.05, 3.63) is 42.9 Å². The molecule has 1 atom stereocenters. The molecule has 1 unspecified atom stereocenters. The molecule has 0 aliphatic carbocycles. The van der Waals surface area contributed by atoms with Gasteiger partial charge in [-0.2, -0.15) is 5.10 Å². The van der Waals surface area contributed by atoms with E-state index in [2.05, 4.69) is 27.3 Å². The van der Waals surface area contributed by atoms with Crippen molar-refractivity contribution in [2.45, 2.75) is 26.4 Å². The molecule has 6 heteroatoms. The summed E-state index contributed by atoms with van der Waals surface area (Å²) in [5.41, 5.74) is 1.98. The van der Waals surface area contributed by atoms with Gasteiger partial charge in [-0.1, -0.05) is 0 Å². The minimum Gasteiger partial charge on any atom is -0.364 e. The van der Waals surface area contributed by atoms with Crippen LogP contribution in [0.4, 0.5) is 5.82 Å². The van der Waals surface area contributed by atoms with Crippen molar-refractivity contribution in [3.63, 3.8) is 0 Å². The number of imidazole rings is 1. The highest BCUT2D eigenvalue weighted by Crippen LogP contribution is 2.15. The molecule has 6 nitrogen and oxygen atoms in total. The second kappa shape index (κ2) is 4.72. The van der Waals surface area contributed by atoms with Gasteiger partial charge in [-0.3, -0.25) is 0 Å². The maximum atomic E-state index is 4.39. The average Bonchev–Trinajstić information content (AvgIpc) is 2.97. The zero-order valence-corrected chi connectivity index (χ0v) is 11.0. The molecule has 3 aromatic rings. The number of aryl methyl sites for hydroxylation is 1. The van der Waals surface area contributed by atoms with Crippen LogP contribution in [0, 0.1) is 6.92 Å². The third kappa shape index (κ3) is 2.42. The van der Waals surface area contributed by atoms with Crippen molar-refractivity contribution in [1.82, 2.24) is 24.1 Å². The van der Waals surface area contributed by atoms with Crippen LogP contribution < -0.4 is 5.32 Å². The van der Waals surface area contributed by atoms with Gasteiger partial charge in [0.2, 0.25) is 0 Å². The normalized spacial score (nSPS) is 12.7. The van der Waals surface area contributed by atoms with Crippen LogP contribution >= 0.6 is 0 Å². The Hall–Kier alpha value is -2.37. The van der Waals surface area contributed by atoms with Gasteiger partial charge >= 0.3 is 0 Å². The largest absolute Gasteiger partial charge is 0.364 e. The van der Waals surface area contributed by atoms with Crippen LogP contribution in [0.3, 0.4) is 0 Å². The minimum absolute atomic E-state index is 0.253. The standard InChI is InChI=1S/C13H16N6/c1-10-7-12-13(15-4-6-19(12)17-10)16-11(2)8-18-5-3-14-9-18/h3-7,9,11H,8H2,1-2H3,(H,15,16). The van der Waals surface area contributed by atoms with E-state index in [0.717, 1.165) is 23.6 Å². The highest BCUT2D eigenvalue weighted by atomic mass is 15.2. The molecule has 0 spiro atoms. The molecule has 0 aromatic carbocycles. The Kier molecular flexibility index (Phi) is 2.91. The van der Waals surface area contributed by atoms with E-state index >= 15 is 0 Å². The summed E-state index contributed by atoms with van der Waals surface area (Å²) in [5.74, 6) is 0.857. The van der Waals surface area contributed by atoms with E-state index in [4.69, 9.17) is 0 Å². The lowest BCUT2D eigenvalue weighted by molar-refractivity contribution is 0.617. The first kappa shape index (κ1) is 11.7. The highest BCUT2D eigenvalue weighted by molar-refractivity contribution is 5.67. The van der Waals surface area contributed by atoms with E-state index in [1.54, 1.807) is 12.4 Å². The number of aromatic nitrogens is 5. The van der Waals surface area contributed by atoms with Crippen molar-refractivity contribution >= 4 is 11.3 Å². The summed E-state index contributed by atoms with van der Waals surface area (Å²) in [6.07, 6.45) is 9.16. The average molecular weight is 256 g/mol. The molecule has 0 bridgehead atoms. The Bertz CT molecular complexity index is 670. The second-order valence-electron chi connectivity index (χ2n) is 4.70. The zero-order chi connectivity index (χ0) is 13.2. The third-order valence-electron chi connectivity index (χ3n) is 2.94. The van der Waals surface area contributed by atoms with Crippen LogP contribution in [0.2, 0.25) is 0 Å². The smallest absolute Gasteiger partial charge is 0.152 e. The van der Waals surface area contributed by atoms with Gasteiger partial charge in [0.1, 0.15) is 5.52 Å². The molecule has 98 valence electrons. The first-order chi connectivity index (χ1) is 9.22. The predicted octanol–water partition coefficient (Wildman–Crippen LogP) is 1.73. The summed E-state index contributed by atoms with van der Waals surface area (Å²) < 4.78 is 3.88. The first-order valence-electron chi connectivity index (χ1n) is 6.25. The van der Waals surface area contributed by atoms with E-state index < -0.39 is 0 Å². The zero-order valence-electron chi connectivity index (χ0n) is 11.0. The maximum Gasteiger partial charge on any atom is 0.152 e. The van der Waals surface area contributed by atoms with Crippen LogP contribution in [0.15, 0.2) is 37.2 Å². The van der Waals surface area contributed by atoms with Gasteiger partial charge in [0, 0.05) is 37.4 Å². The van der Waals surface area contributed by atoms with Gasteiger partial charge in [0.05, 0.1) is 12.0 Å². The summed E-state index contributed by atoms with van der Waals surface area (Å²) in [6.45, 7) is 4.94. The van der Waals surface area contributed by atoms with Crippen LogP contribution in [0.25, 0.3) is 5.52 Å². The predicted molar refractivity (Wildman–Crippen MR) is 73.0 cm³/mol. The van der Waals surface area contributed by atoms with Crippen LogP contribution in [0.1, 0.15) is 12.6 Å². The molecule has 3 rings (SSSR count). The lowest BCUT2D eigenvalue weighted by Crippen LogP contribution is -2.22. The first-order valence-corrected chi connectivity index (χ1v) is 6.25. The number of hydrogen-bond acceptors (Lipinski definition) is 4. The van der Waals surface area contributed by atoms with E-state index in [-0.39, 0.29) is 6.04 Å². The quantitative estimate of drug-likeness (QED) is 0.772. The molecule has 0 aliphatic rings. The van der Waals surface area contributed by atoms with Crippen molar-refractivity contribution in [3.8, 4) is 0 Å². The lowest BCUT2D eigenvalue weighted by atomic mass is 10.3. The van der Waals surface area contributed by atoms with Crippen LogP contribution in [-0.2, 0) is 6.54 Å². The molecule has 0 aliphatic heterocycles. The number of rotatable bonds is 4. The number of anilines is 1. The number of fused-ring (bicyclic) bond motifs is 1. The van der Waals surface area contributed by atoms with Crippen molar-refractivity contribution < 1.29 is 0 Å². The molecule has 0 saturated heterocycles. The van der Waals surface area contributed by atoms with Crippen LogP contribution in [-0.4, -0.2) is 30.2 Å². The molecule has 0 amide bonds. The number of nitrogens with one attached hydrogen (secondary N) is 1. The molecule has 3 heterocycles. The third-order valence-corrected chi connectivity index (χ3v) is 2.94. The van der Waals surface area contributed by atoms with E-state index in [9.17, 15) is 0 Å². The Morgan fingerprint density at radius 2 is 2.21 bits per heavy atom. The van der Waals surface area contributed by atoms with Crippen molar-refractivity contribution in [2.24, 2.45) is 0 Å². The summed E-state index contributed by atoms with van der Waals surface area (Å²) in [6, 6.07) is 2.28.